The molecule has 0 heterocycles. The van der Waals surface area contributed by atoms with E-state index in [1.54, 1.807) is 6.92 Å². The Balaban J connectivity index is 0. The monoisotopic (exact) mass is 237 g/mol. The minimum Gasteiger partial charge on any atom is -0.368 e. The van der Waals surface area contributed by atoms with E-state index in [0.29, 0.717) is 0 Å². The standard InChI is InChI=1S/C9H19N3O2.ClH/c1-5(10)8(14)12-6(7(11)13)9(2,3)4;/h5-6H,10H2,1-4H3,(H2,11,13)(H,12,14);1H/t5-,6?;/m0./s1. The molecule has 0 aromatic carbocycles. The molecule has 0 aliphatic carbocycles. The number of primary amides is 1. The van der Waals surface area contributed by atoms with Gasteiger partial charge in [0.1, 0.15) is 6.04 Å². The van der Waals surface area contributed by atoms with Crippen LogP contribution in [0.5, 0.6) is 0 Å². The molecule has 1 unspecified atom stereocenters. The molecule has 0 saturated heterocycles. The van der Waals surface area contributed by atoms with Gasteiger partial charge in [0.25, 0.3) is 0 Å². The summed E-state index contributed by atoms with van der Waals surface area (Å²) in [5.41, 5.74) is 10.1. The molecule has 6 heteroatoms. The quantitative estimate of drug-likeness (QED) is 0.633. The maximum atomic E-state index is 11.3. The fourth-order valence-corrected chi connectivity index (χ4v) is 0.988. The second kappa shape index (κ2) is 5.92. The van der Waals surface area contributed by atoms with Crippen LogP contribution in [0.2, 0.25) is 0 Å². The highest BCUT2D eigenvalue weighted by molar-refractivity contribution is 5.89. The van der Waals surface area contributed by atoms with Crippen molar-refractivity contribution in [2.75, 3.05) is 0 Å². The Bertz CT molecular complexity index is 236. The first-order chi connectivity index (χ1) is 6.16. The van der Waals surface area contributed by atoms with Crippen LogP contribution in [0.4, 0.5) is 0 Å². The van der Waals surface area contributed by atoms with Gasteiger partial charge in [-0.25, -0.2) is 0 Å². The zero-order valence-electron chi connectivity index (χ0n) is 9.53. The first-order valence-corrected chi connectivity index (χ1v) is 4.51. The lowest BCUT2D eigenvalue weighted by atomic mass is 9.86. The van der Waals surface area contributed by atoms with Gasteiger partial charge in [0.2, 0.25) is 11.8 Å². The first-order valence-electron chi connectivity index (χ1n) is 4.51. The highest BCUT2D eigenvalue weighted by atomic mass is 35.5. The van der Waals surface area contributed by atoms with E-state index in [9.17, 15) is 9.59 Å². The second-order valence-corrected chi connectivity index (χ2v) is 4.50. The van der Waals surface area contributed by atoms with Gasteiger partial charge in [-0.05, 0) is 12.3 Å². The van der Waals surface area contributed by atoms with Gasteiger partial charge in [-0.15, -0.1) is 12.4 Å². The van der Waals surface area contributed by atoms with Gasteiger partial charge >= 0.3 is 0 Å². The lowest BCUT2D eigenvalue weighted by Gasteiger charge is -2.29. The van der Waals surface area contributed by atoms with Gasteiger partial charge in [-0.3, -0.25) is 9.59 Å². The topological polar surface area (TPSA) is 98.2 Å². The minimum absolute atomic E-state index is 0. The molecule has 0 bridgehead atoms. The van der Waals surface area contributed by atoms with Crippen molar-refractivity contribution >= 4 is 24.2 Å². The molecule has 0 aromatic heterocycles. The van der Waals surface area contributed by atoms with Crippen LogP contribution in [0.25, 0.3) is 0 Å². The van der Waals surface area contributed by atoms with Crippen LogP contribution < -0.4 is 16.8 Å². The van der Waals surface area contributed by atoms with Crippen molar-refractivity contribution in [3.63, 3.8) is 0 Å². The van der Waals surface area contributed by atoms with E-state index < -0.39 is 23.4 Å². The molecule has 0 spiro atoms. The Labute approximate surface area is 96.4 Å². The van der Waals surface area contributed by atoms with Crippen molar-refractivity contribution < 1.29 is 9.59 Å². The fraction of sp³-hybridized carbons (Fsp3) is 0.778. The Morgan fingerprint density at radius 1 is 1.27 bits per heavy atom. The molecule has 0 aromatic rings. The van der Waals surface area contributed by atoms with Crippen molar-refractivity contribution in [1.82, 2.24) is 5.32 Å². The summed E-state index contributed by atoms with van der Waals surface area (Å²) >= 11 is 0. The van der Waals surface area contributed by atoms with E-state index in [4.69, 9.17) is 11.5 Å². The van der Waals surface area contributed by atoms with Crippen LogP contribution in [0.1, 0.15) is 27.7 Å². The fourth-order valence-electron chi connectivity index (χ4n) is 0.988. The number of halogens is 1. The van der Waals surface area contributed by atoms with Gasteiger partial charge in [0.05, 0.1) is 6.04 Å². The molecule has 5 N–H and O–H groups in total. The Kier molecular flexibility index (Phi) is 6.56. The van der Waals surface area contributed by atoms with Crippen molar-refractivity contribution in [1.29, 1.82) is 0 Å². The van der Waals surface area contributed by atoms with E-state index in [1.807, 2.05) is 20.8 Å². The molecule has 15 heavy (non-hydrogen) atoms. The third-order valence-electron chi connectivity index (χ3n) is 1.85. The summed E-state index contributed by atoms with van der Waals surface area (Å²) in [6.45, 7) is 7.02. The Morgan fingerprint density at radius 2 is 1.67 bits per heavy atom. The van der Waals surface area contributed by atoms with Crippen LogP contribution in [-0.2, 0) is 9.59 Å². The van der Waals surface area contributed by atoms with Gasteiger partial charge in [0.15, 0.2) is 0 Å². The highest BCUT2D eigenvalue weighted by Crippen LogP contribution is 2.18. The normalized spacial score (nSPS) is 14.7. The SMILES string of the molecule is C[C@H](N)C(=O)NC(C(N)=O)C(C)(C)C.Cl. The molecule has 90 valence electrons. The van der Waals surface area contributed by atoms with Crippen LogP contribution in [0, 0.1) is 5.41 Å². The molecule has 0 aliphatic heterocycles. The third kappa shape index (κ3) is 5.59. The van der Waals surface area contributed by atoms with Gasteiger partial charge in [0, 0.05) is 0 Å². The molecule has 0 saturated carbocycles. The summed E-state index contributed by atoms with van der Waals surface area (Å²) in [6, 6.07) is -1.33. The van der Waals surface area contributed by atoms with Gasteiger partial charge in [-0.1, -0.05) is 20.8 Å². The smallest absolute Gasteiger partial charge is 0.240 e. The van der Waals surface area contributed by atoms with Crippen LogP contribution in [0.3, 0.4) is 0 Å². The van der Waals surface area contributed by atoms with Crippen molar-refractivity contribution in [3.05, 3.63) is 0 Å². The molecule has 0 radical (unpaired) electrons. The van der Waals surface area contributed by atoms with E-state index in [2.05, 4.69) is 5.32 Å². The number of nitrogens with one attached hydrogen (secondary N) is 1. The van der Waals surface area contributed by atoms with E-state index in [0.717, 1.165) is 0 Å². The largest absolute Gasteiger partial charge is 0.368 e. The number of hydrogen-bond donors (Lipinski definition) is 3. The lowest BCUT2D eigenvalue weighted by Crippen LogP contribution is -2.55. The van der Waals surface area contributed by atoms with Crippen LogP contribution >= 0.6 is 12.4 Å². The summed E-state index contributed by atoms with van der Waals surface area (Å²) < 4.78 is 0. The average molecular weight is 238 g/mol. The summed E-state index contributed by atoms with van der Waals surface area (Å²) in [5.74, 6) is -0.921. The number of nitrogens with two attached hydrogens (primary N) is 2. The molecule has 0 rings (SSSR count). The number of rotatable bonds is 3. The predicted octanol–water partition coefficient (Wildman–Crippen LogP) is -0.228. The van der Waals surface area contributed by atoms with Crippen LogP contribution in [-0.4, -0.2) is 23.9 Å². The maximum absolute atomic E-state index is 11.3. The minimum atomic E-state index is -0.694. The number of carbonyl (C=O) groups is 2. The molecular formula is C9H20ClN3O2. The summed E-state index contributed by atoms with van der Waals surface area (Å²) in [6.07, 6.45) is 0. The number of hydrogen-bond acceptors (Lipinski definition) is 3. The molecule has 2 atom stereocenters. The van der Waals surface area contributed by atoms with E-state index >= 15 is 0 Å². The first kappa shape index (κ1) is 16.6. The zero-order valence-corrected chi connectivity index (χ0v) is 10.4. The summed E-state index contributed by atoms with van der Waals surface area (Å²) in [5, 5.41) is 2.52. The van der Waals surface area contributed by atoms with Crippen molar-refractivity contribution in [3.8, 4) is 0 Å². The van der Waals surface area contributed by atoms with Crippen molar-refractivity contribution in [2.45, 2.75) is 39.8 Å². The highest BCUT2D eigenvalue weighted by Gasteiger charge is 2.31. The van der Waals surface area contributed by atoms with Gasteiger partial charge in [-0.2, -0.15) is 0 Å². The van der Waals surface area contributed by atoms with E-state index in [1.165, 1.54) is 0 Å². The van der Waals surface area contributed by atoms with Crippen molar-refractivity contribution in [2.24, 2.45) is 16.9 Å². The summed E-state index contributed by atoms with van der Waals surface area (Å²) in [4.78, 5) is 22.3. The number of carbonyl (C=O) groups excluding carboxylic acids is 2. The van der Waals surface area contributed by atoms with Crippen LogP contribution in [0.15, 0.2) is 0 Å². The Morgan fingerprint density at radius 3 is 1.87 bits per heavy atom. The molecule has 2 amide bonds. The predicted molar refractivity (Wildman–Crippen MR) is 61.5 cm³/mol. The molecule has 0 aliphatic rings. The zero-order chi connectivity index (χ0) is 11.5. The number of amides is 2. The maximum Gasteiger partial charge on any atom is 0.240 e. The lowest BCUT2D eigenvalue weighted by molar-refractivity contribution is -0.130. The third-order valence-corrected chi connectivity index (χ3v) is 1.85. The molecule has 0 fully saturated rings. The average Bonchev–Trinajstić information content (AvgIpc) is 1.96. The Hall–Kier alpha value is -0.810. The second-order valence-electron chi connectivity index (χ2n) is 4.50. The van der Waals surface area contributed by atoms with E-state index in [-0.39, 0.29) is 18.3 Å². The summed E-state index contributed by atoms with van der Waals surface area (Å²) in [7, 11) is 0. The molecule has 5 nitrogen and oxygen atoms in total. The molecular weight excluding hydrogens is 218 g/mol. The van der Waals surface area contributed by atoms with Gasteiger partial charge < -0.3 is 16.8 Å².